The fourth-order valence-electron chi connectivity index (χ4n) is 3.98. The van der Waals surface area contributed by atoms with Crippen molar-refractivity contribution in [3.8, 4) is 11.8 Å². The van der Waals surface area contributed by atoms with Crippen LogP contribution in [0.2, 0.25) is 0 Å². The van der Waals surface area contributed by atoms with Crippen LogP contribution < -0.4 is 14.5 Å². The summed E-state index contributed by atoms with van der Waals surface area (Å²) < 4.78 is 65.8. The van der Waals surface area contributed by atoms with Gasteiger partial charge in [0.15, 0.2) is 22.8 Å². The van der Waals surface area contributed by atoms with Crippen LogP contribution in [0.4, 0.5) is 28.9 Å². The standard InChI is InChI=1S/C23H19F4N3O4S/c1-22(2)20(32)29(13-4-3-12(9-28)15(7-13)23(25,26)27)21(35)30(22)14-5-6-18(16(24)8-14)34-19-11-33-10-17(19)31/h3-8,17,19,31H,10-11H2,1-2H3/t17?,19-/m0/s1. The van der Waals surface area contributed by atoms with Crippen molar-refractivity contribution >= 4 is 34.6 Å². The summed E-state index contributed by atoms with van der Waals surface area (Å²) in [6.45, 7) is 3.18. The van der Waals surface area contributed by atoms with Crippen molar-refractivity contribution in [2.24, 2.45) is 0 Å². The monoisotopic (exact) mass is 509 g/mol. The number of thiocarbonyl (C=S) groups is 1. The molecule has 2 heterocycles. The smallest absolute Gasteiger partial charge is 0.417 e. The van der Waals surface area contributed by atoms with E-state index in [4.69, 9.17) is 27.0 Å². The summed E-state index contributed by atoms with van der Waals surface area (Å²) in [5, 5.41) is 18.7. The molecule has 2 atom stereocenters. The Kier molecular flexibility index (Phi) is 6.21. The normalized spacial score (nSPS) is 22.0. The Bertz CT molecular complexity index is 1240. The summed E-state index contributed by atoms with van der Waals surface area (Å²) in [6, 6.07) is 8.19. The van der Waals surface area contributed by atoms with Crippen molar-refractivity contribution in [1.82, 2.24) is 0 Å². The maximum atomic E-state index is 14.9. The van der Waals surface area contributed by atoms with Gasteiger partial charge in [-0.3, -0.25) is 9.69 Å². The van der Waals surface area contributed by atoms with Gasteiger partial charge in [-0.1, -0.05) is 0 Å². The Balaban J connectivity index is 1.68. The van der Waals surface area contributed by atoms with E-state index < -0.39 is 46.8 Å². The Hall–Kier alpha value is -3.27. The highest BCUT2D eigenvalue weighted by Gasteiger charge is 2.51. The van der Waals surface area contributed by atoms with Crippen LogP contribution in [0.3, 0.4) is 0 Å². The van der Waals surface area contributed by atoms with Gasteiger partial charge in [-0.25, -0.2) is 4.39 Å². The van der Waals surface area contributed by atoms with Crippen LogP contribution in [0, 0.1) is 17.1 Å². The first kappa shape index (κ1) is 24.8. The van der Waals surface area contributed by atoms with Gasteiger partial charge in [0.25, 0.3) is 5.91 Å². The molecule has 2 aliphatic rings. The summed E-state index contributed by atoms with van der Waals surface area (Å²) in [5.41, 5.74) is -3.15. The zero-order valence-electron chi connectivity index (χ0n) is 18.5. The molecule has 7 nitrogen and oxygen atoms in total. The minimum Gasteiger partial charge on any atom is -0.482 e. The number of carbonyl (C=O) groups excluding carboxylic acids is 1. The van der Waals surface area contributed by atoms with E-state index in [0.717, 1.165) is 17.0 Å². The van der Waals surface area contributed by atoms with E-state index in [1.54, 1.807) is 0 Å². The Morgan fingerprint density at radius 3 is 2.46 bits per heavy atom. The van der Waals surface area contributed by atoms with E-state index in [1.807, 2.05) is 0 Å². The topological polar surface area (TPSA) is 86.0 Å². The molecular weight excluding hydrogens is 490 g/mol. The van der Waals surface area contributed by atoms with Crippen LogP contribution >= 0.6 is 12.2 Å². The van der Waals surface area contributed by atoms with E-state index in [-0.39, 0.29) is 35.5 Å². The highest BCUT2D eigenvalue weighted by Crippen LogP contribution is 2.40. The van der Waals surface area contributed by atoms with Crippen molar-refractivity contribution in [2.75, 3.05) is 23.0 Å². The van der Waals surface area contributed by atoms with Gasteiger partial charge >= 0.3 is 6.18 Å². The summed E-state index contributed by atoms with van der Waals surface area (Å²) in [6.07, 6.45) is -6.47. The van der Waals surface area contributed by atoms with E-state index in [1.165, 1.54) is 43.0 Å². The molecule has 0 radical (unpaired) electrons. The highest BCUT2D eigenvalue weighted by atomic mass is 32.1. The number of carbonyl (C=O) groups is 1. The lowest BCUT2D eigenvalue weighted by molar-refractivity contribution is -0.137. The predicted octanol–water partition coefficient (Wildman–Crippen LogP) is 3.77. The van der Waals surface area contributed by atoms with Gasteiger partial charge in [0.2, 0.25) is 0 Å². The summed E-state index contributed by atoms with van der Waals surface area (Å²) in [4.78, 5) is 15.5. The molecule has 1 amide bonds. The molecule has 35 heavy (non-hydrogen) atoms. The van der Waals surface area contributed by atoms with Crippen molar-refractivity contribution in [3.63, 3.8) is 0 Å². The lowest BCUT2D eigenvalue weighted by Crippen LogP contribution is -2.44. The maximum absolute atomic E-state index is 14.9. The van der Waals surface area contributed by atoms with Crippen molar-refractivity contribution in [2.45, 2.75) is 37.8 Å². The zero-order valence-corrected chi connectivity index (χ0v) is 19.3. The van der Waals surface area contributed by atoms with Gasteiger partial charge < -0.3 is 19.5 Å². The van der Waals surface area contributed by atoms with E-state index in [2.05, 4.69) is 0 Å². The maximum Gasteiger partial charge on any atom is 0.417 e. The molecule has 12 heteroatoms. The average molecular weight is 509 g/mol. The molecule has 0 bridgehead atoms. The Morgan fingerprint density at radius 1 is 1.20 bits per heavy atom. The molecule has 2 aliphatic heterocycles. The van der Waals surface area contributed by atoms with Crippen LogP contribution in [0.5, 0.6) is 5.75 Å². The number of aliphatic hydroxyl groups excluding tert-OH is 1. The highest BCUT2D eigenvalue weighted by molar-refractivity contribution is 7.81. The number of benzene rings is 2. The quantitative estimate of drug-likeness (QED) is 0.496. The Labute approximate surface area is 203 Å². The number of nitriles is 1. The molecule has 0 aromatic heterocycles. The summed E-state index contributed by atoms with van der Waals surface area (Å²) >= 11 is 5.44. The lowest BCUT2D eigenvalue weighted by atomic mass is 10.0. The van der Waals surface area contributed by atoms with E-state index >= 15 is 0 Å². The number of rotatable bonds is 4. The van der Waals surface area contributed by atoms with Crippen LogP contribution in [-0.2, 0) is 15.7 Å². The van der Waals surface area contributed by atoms with Gasteiger partial charge in [0.1, 0.15) is 11.6 Å². The molecule has 0 saturated carbocycles. The van der Waals surface area contributed by atoms with Crippen molar-refractivity contribution < 1.29 is 36.9 Å². The predicted molar refractivity (Wildman–Crippen MR) is 120 cm³/mol. The second-order valence-corrected chi connectivity index (χ2v) is 8.90. The lowest BCUT2D eigenvalue weighted by Gasteiger charge is -2.29. The van der Waals surface area contributed by atoms with Crippen LogP contribution in [-0.4, -0.2) is 47.1 Å². The average Bonchev–Trinajstić information content (AvgIpc) is 3.26. The minimum absolute atomic E-state index is 0.0734. The number of halogens is 4. The largest absolute Gasteiger partial charge is 0.482 e. The fraction of sp³-hybridized carbons (Fsp3) is 0.348. The first-order valence-corrected chi connectivity index (χ1v) is 10.8. The molecule has 1 N–H and O–H groups in total. The fourth-order valence-corrected chi connectivity index (χ4v) is 4.50. The number of alkyl halides is 3. The third-order valence-electron chi connectivity index (χ3n) is 5.81. The number of ether oxygens (including phenoxy) is 2. The third kappa shape index (κ3) is 4.31. The second kappa shape index (κ2) is 8.75. The molecule has 2 saturated heterocycles. The van der Waals surface area contributed by atoms with Gasteiger partial charge in [-0.2, -0.15) is 18.4 Å². The van der Waals surface area contributed by atoms with Crippen LogP contribution in [0.15, 0.2) is 36.4 Å². The number of hydrogen-bond donors (Lipinski definition) is 1. The van der Waals surface area contributed by atoms with Crippen molar-refractivity contribution in [1.29, 1.82) is 5.26 Å². The molecule has 2 aromatic rings. The molecule has 2 fully saturated rings. The third-order valence-corrected chi connectivity index (χ3v) is 6.17. The zero-order chi connectivity index (χ0) is 25.7. The number of amides is 1. The molecular formula is C23H19F4N3O4S. The van der Waals surface area contributed by atoms with Crippen LogP contribution in [0.1, 0.15) is 25.0 Å². The Morgan fingerprint density at radius 2 is 1.89 bits per heavy atom. The van der Waals surface area contributed by atoms with E-state index in [0.29, 0.717) is 6.07 Å². The number of aliphatic hydroxyl groups is 1. The second-order valence-electron chi connectivity index (χ2n) is 8.53. The first-order chi connectivity index (χ1) is 16.4. The molecule has 0 aliphatic carbocycles. The molecule has 0 spiro atoms. The summed E-state index contributed by atoms with van der Waals surface area (Å²) in [7, 11) is 0. The van der Waals surface area contributed by atoms with E-state index in [9.17, 15) is 27.5 Å². The molecule has 4 rings (SSSR count). The SMILES string of the molecule is CC1(C)C(=O)N(c2ccc(C#N)c(C(F)(F)F)c2)C(=S)N1c1ccc(O[C@H]2COCC2O)c(F)c1. The first-order valence-electron chi connectivity index (χ1n) is 10.4. The minimum atomic E-state index is -4.82. The number of nitrogens with zero attached hydrogens (tertiary/aromatic N) is 3. The van der Waals surface area contributed by atoms with Gasteiger partial charge in [-0.05, 0) is 56.4 Å². The van der Waals surface area contributed by atoms with Gasteiger partial charge in [-0.15, -0.1) is 0 Å². The molecule has 184 valence electrons. The number of anilines is 2. The van der Waals surface area contributed by atoms with Crippen molar-refractivity contribution in [3.05, 3.63) is 53.3 Å². The van der Waals surface area contributed by atoms with Crippen LogP contribution in [0.25, 0.3) is 0 Å². The molecule has 2 aromatic carbocycles. The number of hydrogen-bond acceptors (Lipinski definition) is 6. The summed E-state index contributed by atoms with van der Waals surface area (Å²) in [5.74, 6) is -1.56. The van der Waals surface area contributed by atoms with Gasteiger partial charge in [0, 0.05) is 11.8 Å². The molecule has 1 unspecified atom stereocenters. The van der Waals surface area contributed by atoms with Gasteiger partial charge in [0.05, 0.1) is 36.1 Å².